The second-order valence-electron chi connectivity index (χ2n) is 4.67. The minimum absolute atomic E-state index is 0.423. The van der Waals surface area contributed by atoms with Gasteiger partial charge in [0.15, 0.2) is 0 Å². The molecule has 1 aromatic heterocycles. The number of hydrogen-bond donors (Lipinski definition) is 1. The van der Waals surface area contributed by atoms with Crippen LogP contribution in [0.3, 0.4) is 0 Å². The number of aromatic nitrogens is 2. The first kappa shape index (κ1) is 10.5. The summed E-state index contributed by atoms with van der Waals surface area (Å²) in [4.78, 5) is 4.23. The first-order valence-corrected chi connectivity index (χ1v) is 6.11. The van der Waals surface area contributed by atoms with Gasteiger partial charge in [0.1, 0.15) is 0 Å². The number of hydrogen-bond acceptors (Lipinski definition) is 2. The maximum Gasteiger partial charge on any atom is 0.0945 e. The SMILES string of the molecule is Cn1cncc1C1CCNC1c1ccccc1. The molecule has 1 saturated heterocycles. The smallest absolute Gasteiger partial charge is 0.0945 e. The van der Waals surface area contributed by atoms with Crippen LogP contribution in [0.4, 0.5) is 0 Å². The Kier molecular flexibility index (Phi) is 2.69. The molecule has 3 nitrogen and oxygen atoms in total. The van der Waals surface area contributed by atoms with E-state index in [1.807, 2.05) is 12.5 Å². The molecule has 0 radical (unpaired) electrons. The Labute approximate surface area is 101 Å². The topological polar surface area (TPSA) is 29.9 Å². The van der Waals surface area contributed by atoms with E-state index in [-0.39, 0.29) is 0 Å². The van der Waals surface area contributed by atoms with Crippen molar-refractivity contribution in [2.45, 2.75) is 18.4 Å². The molecule has 0 saturated carbocycles. The predicted octanol–water partition coefficient (Wildman–Crippen LogP) is 2.24. The summed E-state index contributed by atoms with van der Waals surface area (Å²) in [6.07, 6.45) is 5.06. The zero-order chi connectivity index (χ0) is 11.7. The van der Waals surface area contributed by atoms with Gasteiger partial charge in [-0.3, -0.25) is 0 Å². The van der Waals surface area contributed by atoms with Crippen LogP contribution in [0.5, 0.6) is 0 Å². The van der Waals surface area contributed by atoms with Crippen molar-refractivity contribution in [3.8, 4) is 0 Å². The molecule has 2 heterocycles. The fourth-order valence-electron chi connectivity index (χ4n) is 2.76. The summed E-state index contributed by atoms with van der Waals surface area (Å²) in [5.41, 5.74) is 2.69. The lowest BCUT2D eigenvalue weighted by Gasteiger charge is -2.20. The quantitative estimate of drug-likeness (QED) is 0.852. The zero-order valence-electron chi connectivity index (χ0n) is 10.0. The lowest BCUT2D eigenvalue weighted by Crippen LogP contribution is -2.18. The Morgan fingerprint density at radius 3 is 2.82 bits per heavy atom. The standard InChI is InChI=1S/C14H17N3/c1-17-10-15-9-13(17)12-7-8-16-14(12)11-5-3-2-4-6-11/h2-6,9-10,12,14,16H,7-8H2,1H3. The van der Waals surface area contributed by atoms with Crippen molar-refractivity contribution in [2.75, 3.05) is 6.54 Å². The van der Waals surface area contributed by atoms with Gasteiger partial charge in [-0.25, -0.2) is 4.98 Å². The molecule has 3 rings (SSSR count). The summed E-state index contributed by atoms with van der Waals surface area (Å²) in [7, 11) is 2.07. The van der Waals surface area contributed by atoms with E-state index in [4.69, 9.17) is 0 Å². The highest BCUT2D eigenvalue weighted by atomic mass is 15.0. The highest BCUT2D eigenvalue weighted by molar-refractivity contribution is 5.26. The zero-order valence-corrected chi connectivity index (χ0v) is 10.0. The Bertz CT molecular complexity index is 489. The molecule has 3 heteroatoms. The minimum atomic E-state index is 0.423. The van der Waals surface area contributed by atoms with Gasteiger partial charge >= 0.3 is 0 Å². The molecule has 88 valence electrons. The van der Waals surface area contributed by atoms with Gasteiger partial charge in [0.25, 0.3) is 0 Å². The van der Waals surface area contributed by atoms with E-state index < -0.39 is 0 Å². The van der Waals surface area contributed by atoms with Crippen LogP contribution < -0.4 is 5.32 Å². The number of aryl methyl sites for hydroxylation is 1. The van der Waals surface area contributed by atoms with Gasteiger partial charge in [-0.2, -0.15) is 0 Å². The van der Waals surface area contributed by atoms with Crippen molar-refractivity contribution in [1.29, 1.82) is 0 Å². The second kappa shape index (κ2) is 4.34. The molecule has 1 aliphatic rings. The van der Waals surface area contributed by atoms with Crippen molar-refractivity contribution in [2.24, 2.45) is 7.05 Å². The summed E-state index contributed by atoms with van der Waals surface area (Å²) in [6, 6.07) is 11.1. The van der Waals surface area contributed by atoms with E-state index in [1.165, 1.54) is 17.7 Å². The molecule has 2 unspecified atom stereocenters. The maximum atomic E-state index is 4.23. The van der Waals surface area contributed by atoms with E-state index in [0.29, 0.717) is 12.0 Å². The van der Waals surface area contributed by atoms with Gasteiger partial charge in [-0.05, 0) is 18.5 Å². The molecule has 1 fully saturated rings. The highest BCUT2D eigenvalue weighted by Crippen LogP contribution is 2.37. The number of nitrogens with zero attached hydrogens (tertiary/aromatic N) is 2. The normalized spacial score (nSPS) is 24.1. The maximum absolute atomic E-state index is 4.23. The molecule has 0 aliphatic carbocycles. The number of nitrogens with one attached hydrogen (secondary N) is 1. The Morgan fingerprint density at radius 1 is 1.29 bits per heavy atom. The van der Waals surface area contributed by atoms with Crippen LogP contribution in [0.25, 0.3) is 0 Å². The van der Waals surface area contributed by atoms with Crippen LogP contribution in [0, 0.1) is 0 Å². The molecule has 2 aromatic rings. The molecule has 2 atom stereocenters. The number of benzene rings is 1. The monoisotopic (exact) mass is 227 g/mol. The molecule has 0 bridgehead atoms. The minimum Gasteiger partial charge on any atom is -0.337 e. The third kappa shape index (κ3) is 1.87. The van der Waals surface area contributed by atoms with Crippen molar-refractivity contribution >= 4 is 0 Å². The summed E-state index contributed by atoms with van der Waals surface area (Å²) < 4.78 is 2.13. The Balaban J connectivity index is 1.93. The molecular weight excluding hydrogens is 210 g/mol. The van der Waals surface area contributed by atoms with Crippen molar-refractivity contribution in [3.05, 3.63) is 54.1 Å². The van der Waals surface area contributed by atoms with E-state index in [0.717, 1.165) is 6.54 Å². The van der Waals surface area contributed by atoms with Crippen LogP contribution in [0.15, 0.2) is 42.9 Å². The van der Waals surface area contributed by atoms with E-state index in [1.54, 1.807) is 0 Å². The first-order valence-electron chi connectivity index (χ1n) is 6.11. The second-order valence-corrected chi connectivity index (χ2v) is 4.67. The van der Waals surface area contributed by atoms with Gasteiger partial charge in [0.2, 0.25) is 0 Å². The van der Waals surface area contributed by atoms with Crippen LogP contribution in [-0.2, 0) is 7.05 Å². The summed E-state index contributed by atoms with van der Waals surface area (Å²) in [6.45, 7) is 1.08. The predicted molar refractivity (Wildman–Crippen MR) is 67.8 cm³/mol. The molecule has 0 spiro atoms. The third-order valence-corrected chi connectivity index (χ3v) is 3.61. The third-order valence-electron chi connectivity index (χ3n) is 3.61. The molecule has 1 aromatic carbocycles. The lowest BCUT2D eigenvalue weighted by molar-refractivity contribution is 0.551. The fourth-order valence-corrected chi connectivity index (χ4v) is 2.76. The summed E-state index contributed by atoms with van der Waals surface area (Å²) in [5, 5.41) is 3.60. The number of rotatable bonds is 2. The van der Waals surface area contributed by atoms with E-state index in [9.17, 15) is 0 Å². The van der Waals surface area contributed by atoms with Crippen LogP contribution in [0.1, 0.15) is 29.6 Å². The summed E-state index contributed by atoms with van der Waals surface area (Å²) in [5.74, 6) is 0.532. The van der Waals surface area contributed by atoms with Crippen LogP contribution in [0.2, 0.25) is 0 Å². The fraction of sp³-hybridized carbons (Fsp3) is 0.357. The average molecular weight is 227 g/mol. The van der Waals surface area contributed by atoms with Crippen LogP contribution >= 0.6 is 0 Å². The van der Waals surface area contributed by atoms with E-state index >= 15 is 0 Å². The van der Waals surface area contributed by atoms with Gasteiger partial charge < -0.3 is 9.88 Å². The van der Waals surface area contributed by atoms with Gasteiger partial charge in [0, 0.05) is 30.9 Å². The van der Waals surface area contributed by atoms with Crippen molar-refractivity contribution < 1.29 is 0 Å². The summed E-state index contributed by atoms with van der Waals surface area (Å²) >= 11 is 0. The number of imidazole rings is 1. The molecule has 17 heavy (non-hydrogen) atoms. The Hall–Kier alpha value is -1.61. The Morgan fingerprint density at radius 2 is 2.12 bits per heavy atom. The highest BCUT2D eigenvalue weighted by Gasteiger charge is 2.30. The van der Waals surface area contributed by atoms with Crippen molar-refractivity contribution in [3.63, 3.8) is 0 Å². The van der Waals surface area contributed by atoms with E-state index in [2.05, 4.69) is 52.2 Å². The molecule has 1 N–H and O–H groups in total. The molecular formula is C14H17N3. The van der Waals surface area contributed by atoms with Gasteiger partial charge in [-0.1, -0.05) is 30.3 Å². The van der Waals surface area contributed by atoms with Gasteiger partial charge in [0.05, 0.1) is 6.33 Å². The average Bonchev–Trinajstić information content (AvgIpc) is 2.98. The van der Waals surface area contributed by atoms with Crippen LogP contribution in [-0.4, -0.2) is 16.1 Å². The molecule has 1 aliphatic heterocycles. The van der Waals surface area contributed by atoms with Crippen molar-refractivity contribution in [1.82, 2.24) is 14.9 Å². The first-order chi connectivity index (χ1) is 8.36. The van der Waals surface area contributed by atoms with Gasteiger partial charge in [-0.15, -0.1) is 0 Å². The molecule has 0 amide bonds. The lowest BCUT2D eigenvalue weighted by atomic mass is 9.92. The largest absolute Gasteiger partial charge is 0.337 e.